The molecule has 0 spiro atoms. The van der Waals surface area contributed by atoms with Crippen LogP contribution in [0.3, 0.4) is 0 Å². The maximum Gasteiger partial charge on any atom is 0.358 e. The summed E-state index contributed by atoms with van der Waals surface area (Å²) in [6, 6.07) is 1.17. The maximum atomic E-state index is 11.0. The highest BCUT2D eigenvalue weighted by Crippen LogP contribution is 2.14. The number of aliphatic hydroxyl groups excluding tert-OH is 1. The van der Waals surface area contributed by atoms with E-state index in [-0.39, 0.29) is 11.4 Å². The van der Waals surface area contributed by atoms with Gasteiger partial charge in [0.25, 0.3) is 0 Å². The Balaban J connectivity index is 3.06. The maximum absolute atomic E-state index is 11.0. The molecular formula is C8H10N2O5. The molecule has 1 aromatic rings. The van der Waals surface area contributed by atoms with Crippen molar-refractivity contribution in [1.82, 2.24) is 9.78 Å². The summed E-state index contributed by atoms with van der Waals surface area (Å²) < 4.78 is 5.52. The van der Waals surface area contributed by atoms with Gasteiger partial charge in [-0.25, -0.2) is 9.59 Å². The zero-order valence-corrected chi connectivity index (χ0v) is 8.17. The number of carboxylic acids is 1. The van der Waals surface area contributed by atoms with Gasteiger partial charge in [0.2, 0.25) is 0 Å². The van der Waals surface area contributed by atoms with Gasteiger partial charge in [-0.1, -0.05) is 0 Å². The molecule has 1 heterocycles. The third-order valence-electron chi connectivity index (χ3n) is 1.82. The largest absolute Gasteiger partial charge is 0.479 e. The van der Waals surface area contributed by atoms with Crippen molar-refractivity contribution in [3.8, 4) is 0 Å². The van der Waals surface area contributed by atoms with Crippen LogP contribution < -0.4 is 0 Å². The summed E-state index contributed by atoms with van der Waals surface area (Å²) in [5.74, 6) is -2.09. The highest BCUT2D eigenvalue weighted by Gasteiger charge is 2.23. The second-order valence-electron chi connectivity index (χ2n) is 2.81. The van der Waals surface area contributed by atoms with E-state index in [0.29, 0.717) is 0 Å². The lowest BCUT2D eigenvalue weighted by atomic mass is 10.2. The van der Waals surface area contributed by atoms with Crippen molar-refractivity contribution < 1.29 is 24.5 Å². The summed E-state index contributed by atoms with van der Waals surface area (Å²) in [5.41, 5.74) is -0.0294. The average Bonchev–Trinajstić information content (AvgIpc) is 2.57. The Bertz CT molecular complexity index is 398. The zero-order chi connectivity index (χ0) is 11.6. The van der Waals surface area contributed by atoms with Crippen LogP contribution >= 0.6 is 0 Å². The van der Waals surface area contributed by atoms with Gasteiger partial charge in [0.05, 0.1) is 12.8 Å². The SMILES string of the molecule is COC(=O)c1cc(C(O)C(=O)O)n(C)n1. The van der Waals surface area contributed by atoms with Gasteiger partial charge < -0.3 is 14.9 Å². The van der Waals surface area contributed by atoms with Crippen LogP contribution in [0.5, 0.6) is 0 Å². The van der Waals surface area contributed by atoms with Crippen LogP contribution in [0.25, 0.3) is 0 Å². The van der Waals surface area contributed by atoms with Crippen molar-refractivity contribution in [2.45, 2.75) is 6.10 Å². The van der Waals surface area contributed by atoms with E-state index in [9.17, 15) is 14.7 Å². The van der Waals surface area contributed by atoms with Gasteiger partial charge in [0.1, 0.15) is 0 Å². The van der Waals surface area contributed by atoms with Gasteiger partial charge in [0, 0.05) is 7.05 Å². The fourth-order valence-corrected chi connectivity index (χ4v) is 1.07. The predicted octanol–water partition coefficient (Wildman–Crippen LogP) is -0.675. The summed E-state index contributed by atoms with van der Waals surface area (Å²) in [6.07, 6.45) is -1.71. The Labute approximate surface area is 84.9 Å². The van der Waals surface area contributed by atoms with Crippen molar-refractivity contribution in [2.24, 2.45) is 7.05 Å². The first kappa shape index (κ1) is 11.2. The molecule has 0 fully saturated rings. The van der Waals surface area contributed by atoms with Gasteiger partial charge >= 0.3 is 11.9 Å². The molecule has 0 amide bonds. The van der Waals surface area contributed by atoms with E-state index in [1.165, 1.54) is 20.2 Å². The summed E-state index contributed by atoms with van der Waals surface area (Å²) in [5, 5.41) is 21.5. The number of carbonyl (C=O) groups is 2. The Morgan fingerprint density at radius 1 is 1.60 bits per heavy atom. The number of aromatic nitrogens is 2. The highest BCUT2D eigenvalue weighted by molar-refractivity contribution is 5.87. The number of ether oxygens (including phenoxy) is 1. The molecule has 0 aliphatic rings. The minimum atomic E-state index is -1.71. The Morgan fingerprint density at radius 2 is 2.20 bits per heavy atom. The van der Waals surface area contributed by atoms with Crippen molar-refractivity contribution in [2.75, 3.05) is 7.11 Å². The summed E-state index contributed by atoms with van der Waals surface area (Å²) >= 11 is 0. The topological polar surface area (TPSA) is 102 Å². The smallest absolute Gasteiger partial charge is 0.358 e. The molecule has 82 valence electrons. The van der Waals surface area contributed by atoms with E-state index in [0.717, 1.165) is 4.68 Å². The summed E-state index contributed by atoms with van der Waals surface area (Å²) in [6.45, 7) is 0. The monoisotopic (exact) mass is 214 g/mol. The first-order valence-electron chi connectivity index (χ1n) is 4.00. The first-order chi connectivity index (χ1) is 6.97. The van der Waals surface area contributed by atoms with Crippen LogP contribution in [0.2, 0.25) is 0 Å². The van der Waals surface area contributed by atoms with Gasteiger partial charge in [0.15, 0.2) is 11.8 Å². The molecule has 0 saturated carbocycles. The molecule has 2 N–H and O–H groups in total. The number of nitrogens with zero attached hydrogens (tertiary/aromatic N) is 2. The van der Waals surface area contributed by atoms with Crippen molar-refractivity contribution in [3.05, 3.63) is 17.5 Å². The number of hydrogen-bond acceptors (Lipinski definition) is 5. The standard InChI is InChI=1S/C8H10N2O5/c1-10-5(6(11)7(12)13)3-4(9-10)8(14)15-2/h3,6,11H,1-2H3,(H,12,13). The molecule has 0 saturated heterocycles. The van der Waals surface area contributed by atoms with Gasteiger partial charge in [-0.3, -0.25) is 4.68 Å². The number of methoxy groups -OCH3 is 1. The minimum absolute atomic E-state index is 0.0166. The third-order valence-corrected chi connectivity index (χ3v) is 1.82. The van der Waals surface area contributed by atoms with Crippen molar-refractivity contribution in [3.63, 3.8) is 0 Å². The van der Waals surface area contributed by atoms with E-state index in [1.54, 1.807) is 0 Å². The molecular weight excluding hydrogens is 204 g/mol. The first-order valence-corrected chi connectivity index (χ1v) is 4.00. The molecule has 1 unspecified atom stereocenters. The van der Waals surface area contributed by atoms with E-state index in [4.69, 9.17) is 5.11 Å². The lowest BCUT2D eigenvalue weighted by Gasteiger charge is -2.03. The van der Waals surface area contributed by atoms with Gasteiger partial charge in [-0.2, -0.15) is 5.10 Å². The van der Waals surface area contributed by atoms with Crippen LogP contribution in [0.1, 0.15) is 22.3 Å². The van der Waals surface area contributed by atoms with Crippen LogP contribution in [-0.2, 0) is 16.6 Å². The van der Waals surface area contributed by atoms with Crippen LogP contribution in [0, 0.1) is 0 Å². The highest BCUT2D eigenvalue weighted by atomic mass is 16.5. The molecule has 0 aliphatic heterocycles. The van der Waals surface area contributed by atoms with E-state index < -0.39 is 18.0 Å². The predicted molar refractivity (Wildman–Crippen MR) is 47.1 cm³/mol. The Morgan fingerprint density at radius 3 is 2.67 bits per heavy atom. The van der Waals surface area contributed by atoms with Crippen molar-refractivity contribution >= 4 is 11.9 Å². The number of aryl methyl sites for hydroxylation is 1. The molecule has 0 bridgehead atoms. The molecule has 0 radical (unpaired) electrons. The number of hydrogen-bond donors (Lipinski definition) is 2. The fourth-order valence-electron chi connectivity index (χ4n) is 1.07. The lowest BCUT2D eigenvalue weighted by molar-refractivity contribution is -0.147. The normalized spacial score (nSPS) is 12.2. The van der Waals surface area contributed by atoms with E-state index in [1.807, 2.05) is 0 Å². The van der Waals surface area contributed by atoms with E-state index in [2.05, 4.69) is 9.84 Å². The fraction of sp³-hybridized carbons (Fsp3) is 0.375. The van der Waals surface area contributed by atoms with Crippen LogP contribution in [0.4, 0.5) is 0 Å². The minimum Gasteiger partial charge on any atom is -0.479 e. The Kier molecular flexibility index (Phi) is 3.05. The molecule has 15 heavy (non-hydrogen) atoms. The summed E-state index contributed by atoms with van der Waals surface area (Å²) in [4.78, 5) is 21.5. The second kappa shape index (κ2) is 4.09. The third kappa shape index (κ3) is 2.13. The number of carbonyl (C=O) groups excluding carboxylic acids is 1. The molecule has 0 aromatic carbocycles. The molecule has 0 aliphatic carbocycles. The Hall–Kier alpha value is -1.89. The summed E-state index contributed by atoms with van der Waals surface area (Å²) in [7, 11) is 2.61. The van der Waals surface area contributed by atoms with E-state index >= 15 is 0 Å². The molecule has 7 nitrogen and oxygen atoms in total. The number of aliphatic carboxylic acids is 1. The molecule has 1 rings (SSSR count). The van der Waals surface area contributed by atoms with Gasteiger partial charge in [-0.05, 0) is 6.07 Å². The molecule has 1 aromatic heterocycles. The molecule has 1 atom stereocenters. The lowest BCUT2D eigenvalue weighted by Crippen LogP contribution is -2.14. The zero-order valence-electron chi connectivity index (χ0n) is 8.17. The van der Waals surface area contributed by atoms with Crippen LogP contribution in [-0.4, -0.2) is 39.0 Å². The number of aliphatic hydroxyl groups is 1. The number of carboxylic acid groups (broad SMARTS) is 1. The van der Waals surface area contributed by atoms with Crippen LogP contribution in [0.15, 0.2) is 6.07 Å². The second-order valence-corrected chi connectivity index (χ2v) is 2.81. The van der Waals surface area contributed by atoms with Crippen molar-refractivity contribution in [1.29, 1.82) is 0 Å². The average molecular weight is 214 g/mol. The molecule has 7 heteroatoms. The number of rotatable bonds is 3. The number of esters is 1. The quantitative estimate of drug-likeness (QED) is 0.646. The van der Waals surface area contributed by atoms with Gasteiger partial charge in [-0.15, -0.1) is 0 Å².